The van der Waals surface area contributed by atoms with Crippen LogP contribution in [-0.4, -0.2) is 37.2 Å². The molecule has 0 amide bonds. The number of hydrogen-bond acceptors (Lipinski definition) is 6. The van der Waals surface area contributed by atoms with Crippen LogP contribution in [0, 0.1) is 0 Å². The van der Waals surface area contributed by atoms with Crippen molar-refractivity contribution in [3.63, 3.8) is 0 Å². The smallest absolute Gasteiger partial charge is 0.306 e. The summed E-state index contributed by atoms with van der Waals surface area (Å²) in [6.45, 7) is 6.44. The van der Waals surface area contributed by atoms with Crippen LogP contribution in [0.5, 0.6) is 0 Å². The summed E-state index contributed by atoms with van der Waals surface area (Å²) in [4.78, 5) is 37.8. The molecule has 0 saturated heterocycles. The third-order valence-corrected chi connectivity index (χ3v) is 10.5. The normalized spacial score (nSPS) is 12.5. The van der Waals surface area contributed by atoms with E-state index >= 15 is 0 Å². The fourth-order valence-corrected chi connectivity index (χ4v) is 6.76. The van der Waals surface area contributed by atoms with Crippen molar-refractivity contribution in [1.29, 1.82) is 0 Å². The molecular formula is C53H92O6. The van der Waals surface area contributed by atoms with Gasteiger partial charge in [0.1, 0.15) is 13.2 Å². The number of ether oxygens (including phenoxy) is 3. The Morgan fingerprint density at radius 1 is 0.356 bits per heavy atom. The highest BCUT2D eigenvalue weighted by Gasteiger charge is 2.19. The van der Waals surface area contributed by atoms with E-state index in [2.05, 4.69) is 75.5 Å². The molecule has 340 valence electrons. The summed E-state index contributed by atoms with van der Waals surface area (Å²) >= 11 is 0. The van der Waals surface area contributed by atoms with Gasteiger partial charge in [0.2, 0.25) is 0 Å². The van der Waals surface area contributed by atoms with Crippen molar-refractivity contribution in [3.8, 4) is 0 Å². The van der Waals surface area contributed by atoms with Gasteiger partial charge in [-0.1, -0.05) is 191 Å². The highest BCUT2D eigenvalue weighted by molar-refractivity contribution is 5.71. The number of rotatable bonds is 44. The average Bonchev–Trinajstić information content (AvgIpc) is 3.23. The Hall–Kier alpha value is -2.89. The van der Waals surface area contributed by atoms with Gasteiger partial charge in [-0.3, -0.25) is 14.4 Å². The molecular weight excluding hydrogens is 733 g/mol. The molecule has 6 nitrogen and oxygen atoms in total. The Morgan fingerprint density at radius 3 is 1.15 bits per heavy atom. The zero-order valence-corrected chi connectivity index (χ0v) is 38.8. The number of carbonyl (C=O) groups excluding carboxylic acids is 3. The Kier molecular flexibility index (Phi) is 45.4. The standard InChI is InChI=1S/C53H92O6/c1-4-7-10-13-16-19-22-25-28-31-34-37-40-43-46-52(55)58-49-50(48-57-51(54)45-42-39-36-33-30-27-24-21-18-15-12-9-6-3)59-53(56)47-44-41-38-35-32-29-26-23-20-17-14-11-8-5-2/h7,10,16,19,27,29-30,32,36,39,50H,4-6,8-9,11-15,17-18,20-26,28,31,33-35,37-38,40-49H2,1-3H3/b10-7-,19-16-,30-27-,32-29-,39-36-. The van der Waals surface area contributed by atoms with E-state index in [1.165, 1.54) is 109 Å². The van der Waals surface area contributed by atoms with Crippen LogP contribution >= 0.6 is 0 Å². The highest BCUT2D eigenvalue weighted by Crippen LogP contribution is 2.13. The minimum Gasteiger partial charge on any atom is -0.462 e. The van der Waals surface area contributed by atoms with E-state index < -0.39 is 6.10 Å². The summed E-state index contributed by atoms with van der Waals surface area (Å²) in [7, 11) is 0. The summed E-state index contributed by atoms with van der Waals surface area (Å²) < 4.78 is 16.7. The molecule has 0 heterocycles. The van der Waals surface area contributed by atoms with Crippen molar-refractivity contribution in [2.75, 3.05) is 13.2 Å². The lowest BCUT2D eigenvalue weighted by atomic mass is 10.1. The van der Waals surface area contributed by atoms with E-state index in [1.807, 2.05) is 6.08 Å². The Balaban J connectivity index is 4.47. The molecule has 0 aromatic heterocycles. The quantitative estimate of drug-likeness (QED) is 0.0263. The van der Waals surface area contributed by atoms with Crippen molar-refractivity contribution in [2.24, 2.45) is 0 Å². The monoisotopic (exact) mass is 825 g/mol. The zero-order valence-electron chi connectivity index (χ0n) is 38.8. The second-order valence-electron chi connectivity index (χ2n) is 16.3. The minimum absolute atomic E-state index is 0.101. The molecule has 6 heteroatoms. The molecule has 0 rings (SSSR count). The Labute approximate surface area is 364 Å². The van der Waals surface area contributed by atoms with Crippen LogP contribution in [0.15, 0.2) is 60.8 Å². The van der Waals surface area contributed by atoms with Gasteiger partial charge in [-0.2, -0.15) is 0 Å². The summed E-state index contributed by atoms with van der Waals surface area (Å²) in [5, 5.41) is 0. The molecule has 0 saturated carbocycles. The summed E-state index contributed by atoms with van der Waals surface area (Å²) in [6, 6.07) is 0. The lowest BCUT2D eigenvalue weighted by Crippen LogP contribution is -2.30. The average molecular weight is 825 g/mol. The summed E-state index contributed by atoms with van der Waals surface area (Å²) in [5.74, 6) is -0.995. The van der Waals surface area contributed by atoms with Crippen LogP contribution in [-0.2, 0) is 28.6 Å². The molecule has 0 spiro atoms. The SMILES string of the molecule is CC/C=C\C/C=C\CCCCCCCCCC(=O)OCC(COC(=O)CC/C=C\C/C=C\CCCCCCCC)OC(=O)CCCCC/C=C\CCCCCCCCC. The van der Waals surface area contributed by atoms with E-state index in [9.17, 15) is 14.4 Å². The molecule has 0 aromatic rings. The van der Waals surface area contributed by atoms with E-state index in [4.69, 9.17) is 14.2 Å². The number of unbranched alkanes of at least 4 members (excludes halogenated alkanes) is 23. The molecule has 0 aliphatic heterocycles. The number of hydrogen-bond donors (Lipinski definition) is 0. The number of carbonyl (C=O) groups is 3. The van der Waals surface area contributed by atoms with Gasteiger partial charge in [-0.15, -0.1) is 0 Å². The van der Waals surface area contributed by atoms with Gasteiger partial charge < -0.3 is 14.2 Å². The van der Waals surface area contributed by atoms with Crippen molar-refractivity contribution in [2.45, 2.75) is 245 Å². The first-order valence-electron chi connectivity index (χ1n) is 24.8. The fraction of sp³-hybridized carbons (Fsp3) is 0.755. The molecule has 0 bridgehead atoms. The van der Waals surface area contributed by atoms with Gasteiger partial charge in [0, 0.05) is 19.3 Å². The second-order valence-corrected chi connectivity index (χ2v) is 16.3. The fourth-order valence-electron chi connectivity index (χ4n) is 6.76. The summed E-state index contributed by atoms with van der Waals surface area (Å²) in [5.41, 5.74) is 0. The molecule has 1 unspecified atom stereocenters. The van der Waals surface area contributed by atoms with Crippen molar-refractivity contribution >= 4 is 17.9 Å². The second kappa shape index (κ2) is 47.8. The number of esters is 3. The lowest BCUT2D eigenvalue weighted by molar-refractivity contribution is -0.166. The van der Waals surface area contributed by atoms with E-state index in [0.29, 0.717) is 19.3 Å². The van der Waals surface area contributed by atoms with Crippen molar-refractivity contribution in [1.82, 2.24) is 0 Å². The Morgan fingerprint density at radius 2 is 0.695 bits per heavy atom. The van der Waals surface area contributed by atoms with Gasteiger partial charge in [-0.25, -0.2) is 0 Å². The van der Waals surface area contributed by atoms with Crippen LogP contribution in [0.1, 0.15) is 239 Å². The van der Waals surface area contributed by atoms with Gasteiger partial charge in [0.15, 0.2) is 6.10 Å². The maximum absolute atomic E-state index is 12.8. The van der Waals surface area contributed by atoms with E-state index in [-0.39, 0.29) is 37.5 Å². The molecule has 1 atom stereocenters. The first-order valence-corrected chi connectivity index (χ1v) is 24.8. The third kappa shape index (κ3) is 46.0. The largest absolute Gasteiger partial charge is 0.462 e. The third-order valence-electron chi connectivity index (χ3n) is 10.5. The molecule has 0 aliphatic carbocycles. The van der Waals surface area contributed by atoms with Gasteiger partial charge >= 0.3 is 17.9 Å². The minimum atomic E-state index is -0.806. The van der Waals surface area contributed by atoms with E-state index in [1.54, 1.807) is 0 Å². The molecule has 0 N–H and O–H groups in total. The maximum Gasteiger partial charge on any atom is 0.306 e. The predicted molar refractivity (Wildman–Crippen MR) is 251 cm³/mol. The lowest BCUT2D eigenvalue weighted by Gasteiger charge is -2.18. The topological polar surface area (TPSA) is 78.9 Å². The van der Waals surface area contributed by atoms with Crippen LogP contribution in [0.2, 0.25) is 0 Å². The van der Waals surface area contributed by atoms with Crippen molar-refractivity contribution in [3.05, 3.63) is 60.8 Å². The van der Waals surface area contributed by atoms with Crippen LogP contribution in [0.25, 0.3) is 0 Å². The van der Waals surface area contributed by atoms with Gasteiger partial charge in [0.25, 0.3) is 0 Å². The Bertz CT molecular complexity index is 1090. The molecule has 0 aromatic carbocycles. The zero-order chi connectivity index (χ0) is 43.0. The predicted octanol–water partition coefficient (Wildman–Crippen LogP) is 16.1. The number of allylic oxidation sites excluding steroid dienone is 10. The van der Waals surface area contributed by atoms with Crippen LogP contribution in [0.3, 0.4) is 0 Å². The van der Waals surface area contributed by atoms with Crippen LogP contribution in [0.4, 0.5) is 0 Å². The van der Waals surface area contributed by atoms with E-state index in [0.717, 1.165) is 83.5 Å². The molecule has 0 radical (unpaired) electrons. The summed E-state index contributed by atoms with van der Waals surface area (Å²) in [6.07, 6.45) is 57.9. The first kappa shape index (κ1) is 56.1. The highest BCUT2D eigenvalue weighted by atomic mass is 16.6. The van der Waals surface area contributed by atoms with Gasteiger partial charge in [0.05, 0.1) is 0 Å². The van der Waals surface area contributed by atoms with Crippen LogP contribution < -0.4 is 0 Å². The van der Waals surface area contributed by atoms with Crippen molar-refractivity contribution < 1.29 is 28.6 Å². The molecule has 59 heavy (non-hydrogen) atoms. The molecule has 0 aliphatic rings. The van der Waals surface area contributed by atoms with Gasteiger partial charge in [-0.05, 0) is 89.9 Å². The first-order chi connectivity index (χ1) is 29.0. The maximum atomic E-state index is 12.8. The molecule has 0 fully saturated rings.